The van der Waals surface area contributed by atoms with Crippen LogP contribution in [-0.4, -0.2) is 35.1 Å². The van der Waals surface area contributed by atoms with Crippen LogP contribution in [-0.2, 0) is 17.6 Å². The first kappa shape index (κ1) is 18.3. The van der Waals surface area contributed by atoms with Crippen molar-refractivity contribution in [2.45, 2.75) is 18.1 Å². The van der Waals surface area contributed by atoms with Crippen molar-refractivity contribution in [3.8, 4) is 11.5 Å². The smallest absolute Gasteiger partial charge is 0.303 e. The maximum Gasteiger partial charge on any atom is 0.303 e. The van der Waals surface area contributed by atoms with Gasteiger partial charge in [0.05, 0.1) is 19.0 Å². The number of thioether (sulfide) groups is 1. The van der Waals surface area contributed by atoms with E-state index in [0.717, 1.165) is 40.8 Å². The molecule has 2 amide bonds. The number of benzene rings is 2. The summed E-state index contributed by atoms with van der Waals surface area (Å²) in [7, 11) is 1.65. The molecule has 0 bridgehead atoms. The number of imide groups is 1. The number of methoxy groups -OCH3 is 1. The topological polar surface area (TPSA) is 81.9 Å². The minimum absolute atomic E-state index is 0.349. The van der Waals surface area contributed by atoms with E-state index < -0.39 is 10.5 Å². The third kappa shape index (κ3) is 4.36. The molecule has 0 saturated carbocycles. The van der Waals surface area contributed by atoms with E-state index in [1.807, 2.05) is 48.5 Å². The van der Waals surface area contributed by atoms with Crippen LogP contribution < -0.4 is 15.3 Å². The lowest BCUT2D eigenvalue weighted by molar-refractivity contribution is -0.126. The number of rotatable bonds is 7. The molecule has 2 N–H and O–H groups in total. The summed E-state index contributed by atoms with van der Waals surface area (Å²) in [5.41, 5.74) is 2.10. The Hall–Kier alpha value is -2.51. The van der Waals surface area contributed by atoms with Gasteiger partial charge >= 0.3 is 5.24 Å². The Morgan fingerprint density at radius 2 is 1.85 bits per heavy atom. The highest BCUT2D eigenvalue weighted by Crippen LogP contribution is 2.27. The minimum Gasteiger partial charge on any atom is -0.497 e. The van der Waals surface area contributed by atoms with Crippen molar-refractivity contribution in [1.82, 2.24) is 5.01 Å². The number of hydrogen-bond acceptors (Lipinski definition) is 6. The van der Waals surface area contributed by atoms with Crippen LogP contribution in [0.1, 0.15) is 11.1 Å². The van der Waals surface area contributed by atoms with Crippen molar-refractivity contribution in [1.29, 1.82) is 0 Å². The van der Waals surface area contributed by atoms with Gasteiger partial charge in [-0.25, -0.2) is 10.9 Å². The van der Waals surface area contributed by atoms with Gasteiger partial charge in [-0.15, -0.1) is 0 Å². The number of ether oxygens (including phenoxy) is 2. The molecule has 26 heavy (non-hydrogen) atoms. The lowest BCUT2D eigenvalue weighted by Gasteiger charge is -2.10. The Morgan fingerprint density at radius 1 is 1.08 bits per heavy atom. The molecule has 1 aliphatic heterocycles. The second kappa shape index (κ2) is 8.25. The Balaban J connectivity index is 1.50. The molecule has 3 rings (SSSR count). The average Bonchev–Trinajstić information content (AvgIpc) is 2.90. The van der Waals surface area contributed by atoms with E-state index in [-0.39, 0.29) is 5.91 Å². The van der Waals surface area contributed by atoms with Crippen molar-refractivity contribution in [3.05, 3.63) is 59.7 Å². The Labute approximate surface area is 156 Å². The molecule has 1 unspecified atom stereocenters. The Bertz CT molecular complexity index is 794. The summed E-state index contributed by atoms with van der Waals surface area (Å²) in [6.07, 6.45) is 1.24. The second-order valence-electron chi connectivity index (χ2n) is 5.88. The molecule has 0 aliphatic carbocycles. The molecule has 7 heteroatoms. The van der Waals surface area contributed by atoms with Gasteiger partial charge in [-0.1, -0.05) is 24.3 Å². The van der Waals surface area contributed by atoms with E-state index in [1.165, 1.54) is 0 Å². The molecule has 1 aliphatic rings. The lowest BCUT2D eigenvalue weighted by atomic mass is 10.1. The minimum atomic E-state index is -0.452. The summed E-state index contributed by atoms with van der Waals surface area (Å²) >= 11 is 0.966. The molecule has 6 nitrogen and oxygen atoms in total. The molecule has 1 saturated heterocycles. The van der Waals surface area contributed by atoms with Gasteiger partial charge in [-0.3, -0.25) is 9.59 Å². The van der Waals surface area contributed by atoms with E-state index in [4.69, 9.17) is 15.3 Å². The lowest BCUT2D eigenvalue weighted by Crippen LogP contribution is -2.37. The van der Waals surface area contributed by atoms with Crippen molar-refractivity contribution in [2.75, 3.05) is 13.7 Å². The molecule has 2 aromatic rings. The highest BCUT2D eigenvalue weighted by Gasteiger charge is 2.37. The number of carbonyl (C=O) groups is 2. The average molecular weight is 372 g/mol. The van der Waals surface area contributed by atoms with Crippen molar-refractivity contribution in [3.63, 3.8) is 0 Å². The maximum absolute atomic E-state index is 11.8. The summed E-state index contributed by atoms with van der Waals surface area (Å²) in [6.45, 7) is 0.556. The van der Waals surface area contributed by atoms with Crippen molar-refractivity contribution >= 4 is 22.9 Å². The molecule has 1 heterocycles. The first-order valence-electron chi connectivity index (χ1n) is 8.21. The van der Waals surface area contributed by atoms with Gasteiger partial charge in [0.15, 0.2) is 0 Å². The fourth-order valence-electron chi connectivity index (χ4n) is 2.65. The van der Waals surface area contributed by atoms with Gasteiger partial charge in [0.2, 0.25) is 0 Å². The molecule has 0 spiro atoms. The van der Waals surface area contributed by atoms with E-state index in [0.29, 0.717) is 18.0 Å². The molecule has 0 aromatic heterocycles. The van der Waals surface area contributed by atoms with Crippen molar-refractivity contribution in [2.24, 2.45) is 5.84 Å². The normalized spacial score (nSPS) is 16.8. The standard InChI is InChI=1S/C19H20N2O4S/c1-24-16-4-2-3-13(11-16)9-10-25-15-7-5-14(6-8-15)12-17-18(22)21(20)19(23)26-17/h2-8,11,17H,9-10,12,20H2,1H3. The van der Waals surface area contributed by atoms with E-state index >= 15 is 0 Å². The first-order chi connectivity index (χ1) is 12.6. The summed E-state index contributed by atoms with van der Waals surface area (Å²) in [4.78, 5) is 23.3. The molecule has 1 fully saturated rings. The highest BCUT2D eigenvalue weighted by atomic mass is 32.2. The van der Waals surface area contributed by atoms with Crippen LogP contribution in [0.5, 0.6) is 11.5 Å². The fourth-order valence-corrected chi connectivity index (χ4v) is 3.59. The van der Waals surface area contributed by atoms with Crippen LogP contribution in [0.4, 0.5) is 4.79 Å². The zero-order valence-electron chi connectivity index (χ0n) is 14.4. The molecular formula is C19H20N2O4S. The first-order valence-corrected chi connectivity index (χ1v) is 9.09. The number of carbonyl (C=O) groups excluding carboxylic acids is 2. The third-order valence-corrected chi connectivity index (χ3v) is 5.14. The Kier molecular flexibility index (Phi) is 5.80. The summed E-state index contributed by atoms with van der Waals surface area (Å²) < 4.78 is 11.0. The van der Waals surface area contributed by atoms with Crippen LogP contribution >= 0.6 is 11.8 Å². The van der Waals surface area contributed by atoms with Crippen LogP contribution in [0.25, 0.3) is 0 Å². The van der Waals surface area contributed by atoms with Gasteiger partial charge in [-0.2, -0.15) is 0 Å². The number of nitrogens with zero attached hydrogens (tertiary/aromatic N) is 1. The molecule has 2 aromatic carbocycles. The van der Waals surface area contributed by atoms with Gasteiger partial charge < -0.3 is 9.47 Å². The van der Waals surface area contributed by atoms with Crippen LogP contribution in [0.2, 0.25) is 0 Å². The van der Waals surface area contributed by atoms with Gasteiger partial charge in [0, 0.05) is 6.42 Å². The third-order valence-electron chi connectivity index (χ3n) is 4.09. The van der Waals surface area contributed by atoms with Crippen molar-refractivity contribution < 1.29 is 19.1 Å². The SMILES string of the molecule is COc1cccc(CCOc2ccc(CC3SC(=O)N(N)C3=O)cc2)c1. The van der Waals surface area contributed by atoms with Gasteiger partial charge in [-0.05, 0) is 53.6 Å². The highest BCUT2D eigenvalue weighted by molar-refractivity contribution is 8.15. The van der Waals surface area contributed by atoms with E-state index in [1.54, 1.807) is 7.11 Å². The monoisotopic (exact) mass is 372 g/mol. The summed E-state index contributed by atoms with van der Waals surface area (Å²) in [6, 6.07) is 15.4. The van der Waals surface area contributed by atoms with Gasteiger partial charge in [0.25, 0.3) is 5.91 Å². The molecule has 0 radical (unpaired) electrons. The van der Waals surface area contributed by atoms with Gasteiger partial charge in [0.1, 0.15) is 11.5 Å². The van der Waals surface area contributed by atoms with Crippen LogP contribution in [0, 0.1) is 0 Å². The summed E-state index contributed by atoms with van der Waals surface area (Å²) in [5.74, 6) is 6.64. The summed E-state index contributed by atoms with van der Waals surface area (Å²) in [5, 5.41) is -0.171. The maximum atomic E-state index is 11.8. The molecule has 1 atom stereocenters. The number of hydrogen-bond donors (Lipinski definition) is 1. The molecule has 136 valence electrons. The van der Waals surface area contributed by atoms with Crippen LogP contribution in [0.15, 0.2) is 48.5 Å². The quantitative estimate of drug-likeness (QED) is 0.594. The fraction of sp³-hybridized carbons (Fsp3) is 0.263. The predicted octanol–water partition coefficient (Wildman–Crippen LogP) is 2.80. The van der Waals surface area contributed by atoms with Crippen LogP contribution in [0.3, 0.4) is 0 Å². The zero-order valence-corrected chi connectivity index (χ0v) is 15.2. The zero-order chi connectivity index (χ0) is 18.5. The second-order valence-corrected chi connectivity index (χ2v) is 7.03. The predicted molar refractivity (Wildman–Crippen MR) is 100 cm³/mol. The molecular weight excluding hydrogens is 352 g/mol. The largest absolute Gasteiger partial charge is 0.497 e. The van der Waals surface area contributed by atoms with E-state index in [2.05, 4.69) is 0 Å². The number of nitrogens with two attached hydrogens (primary N) is 1. The van der Waals surface area contributed by atoms with E-state index in [9.17, 15) is 9.59 Å². The number of amides is 2. The number of hydrazine groups is 1. The Morgan fingerprint density at radius 3 is 2.50 bits per heavy atom.